The fourth-order valence-corrected chi connectivity index (χ4v) is 4.00. The number of aryl methyl sites for hydroxylation is 2. The Balaban J connectivity index is 2.41. The molecule has 0 aliphatic rings. The van der Waals surface area contributed by atoms with Crippen LogP contribution < -0.4 is 0 Å². The van der Waals surface area contributed by atoms with E-state index in [1.165, 1.54) is 24.8 Å². The van der Waals surface area contributed by atoms with Crippen molar-refractivity contribution in [1.82, 2.24) is 4.98 Å². The minimum Gasteiger partial charge on any atom is -0.294 e. The van der Waals surface area contributed by atoms with Crippen LogP contribution in [-0.2, 0) is 0 Å². The highest BCUT2D eigenvalue weighted by Crippen LogP contribution is 2.41. The predicted molar refractivity (Wildman–Crippen MR) is 78.8 cm³/mol. The van der Waals surface area contributed by atoms with E-state index in [0.29, 0.717) is 14.1 Å². The molecular weight excluding hydrogens is 296 g/mol. The number of ketones is 1. The van der Waals surface area contributed by atoms with Crippen LogP contribution in [0.4, 0.5) is 5.69 Å². The molecule has 0 fully saturated rings. The zero-order chi connectivity index (χ0) is 14.9. The Labute approximate surface area is 124 Å². The van der Waals surface area contributed by atoms with Crippen LogP contribution in [0.5, 0.6) is 0 Å². The van der Waals surface area contributed by atoms with Gasteiger partial charge in [-0.05, 0) is 38.5 Å². The van der Waals surface area contributed by atoms with Crippen LogP contribution in [0.1, 0.15) is 27.9 Å². The summed E-state index contributed by atoms with van der Waals surface area (Å²) in [5, 5.41) is 11.7. The standard InChI is InChI=1S/C13H12N2O3S2/c1-7-4-8(2)14-12(5-7)20-13-10(15(17)18)6-11(19-13)9(3)16/h4-6H,1-3H3. The molecule has 20 heavy (non-hydrogen) atoms. The second-order valence-electron chi connectivity index (χ2n) is 4.32. The molecule has 0 bridgehead atoms. The summed E-state index contributed by atoms with van der Waals surface area (Å²) in [6.07, 6.45) is 0. The van der Waals surface area contributed by atoms with E-state index in [1.54, 1.807) is 0 Å². The van der Waals surface area contributed by atoms with Crippen LogP contribution >= 0.6 is 23.1 Å². The summed E-state index contributed by atoms with van der Waals surface area (Å²) >= 11 is 2.36. The third-order valence-corrected chi connectivity index (χ3v) is 4.83. The molecule has 0 saturated heterocycles. The quantitative estimate of drug-likeness (QED) is 0.484. The number of hydrogen-bond donors (Lipinski definition) is 0. The SMILES string of the molecule is CC(=O)c1cc([N+](=O)[O-])c(Sc2cc(C)cc(C)n2)s1. The smallest absolute Gasteiger partial charge is 0.294 e. The first-order valence-electron chi connectivity index (χ1n) is 5.79. The topological polar surface area (TPSA) is 73.1 Å². The van der Waals surface area contributed by atoms with Crippen molar-refractivity contribution in [1.29, 1.82) is 0 Å². The van der Waals surface area contributed by atoms with E-state index in [4.69, 9.17) is 0 Å². The number of Topliss-reactive ketones (excluding diaryl/α,β-unsaturated/α-hetero) is 1. The molecular formula is C13H12N2O3S2. The summed E-state index contributed by atoms with van der Waals surface area (Å²) in [4.78, 5) is 26.7. The highest BCUT2D eigenvalue weighted by molar-refractivity contribution is 8.01. The van der Waals surface area contributed by atoms with Crippen molar-refractivity contribution in [3.8, 4) is 0 Å². The van der Waals surface area contributed by atoms with E-state index >= 15 is 0 Å². The van der Waals surface area contributed by atoms with Gasteiger partial charge in [-0.2, -0.15) is 0 Å². The van der Waals surface area contributed by atoms with Crippen molar-refractivity contribution >= 4 is 34.6 Å². The lowest BCUT2D eigenvalue weighted by Gasteiger charge is -2.01. The molecule has 0 spiro atoms. The van der Waals surface area contributed by atoms with E-state index in [-0.39, 0.29) is 11.5 Å². The fourth-order valence-electron chi connectivity index (χ4n) is 1.69. The zero-order valence-electron chi connectivity index (χ0n) is 11.2. The van der Waals surface area contributed by atoms with Crippen LogP contribution in [-0.4, -0.2) is 15.7 Å². The average Bonchev–Trinajstić information content (AvgIpc) is 2.71. The molecule has 7 heteroatoms. The minimum atomic E-state index is -0.464. The third-order valence-electron chi connectivity index (χ3n) is 2.49. The summed E-state index contributed by atoms with van der Waals surface area (Å²) in [5.74, 6) is -0.168. The number of nitrogens with zero attached hydrogens (tertiary/aromatic N) is 2. The molecule has 0 N–H and O–H groups in total. The maximum Gasteiger partial charge on any atom is 0.294 e. The first-order valence-corrected chi connectivity index (χ1v) is 7.42. The van der Waals surface area contributed by atoms with Crippen LogP contribution in [0, 0.1) is 24.0 Å². The zero-order valence-corrected chi connectivity index (χ0v) is 12.8. The van der Waals surface area contributed by atoms with Gasteiger partial charge in [0, 0.05) is 11.8 Å². The van der Waals surface area contributed by atoms with E-state index in [9.17, 15) is 14.9 Å². The molecule has 0 aliphatic carbocycles. The molecule has 2 aromatic rings. The summed E-state index contributed by atoms with van der Waals surface area (Å²) < 4.78 is 0.484. The summed E-state index contributed by atoms with van der Waals surface area (Å²) in [6.45, 7) is 5.22. The number of pyridine rings is 1. The Kier molecular flexibility index (Phi) is 4.20. The number of nitro groups is 1. The van der Waals surface area contributed by atoms with Crippen molar-refractivity contribution in [3.63, 3.8) is 0 Å². The van der Waals surface area contributed by atoms with E-state index in [1.807, 2.05) is 26.0 Å². The Morgan fingerprint density at radius 1 is 1.35 bits per heavy atom. The van der Waals surface area contributed by atoms with Gasteiger partial charge < -0.3 is 0 Å². The summed E-state index contributed by atoms with van der Waals surface area (Å²) in [5.41, 5.74) is 1.87. The van der Waals surface area contributed by atoms with Gasteiger partial charge in [-0.25, -0.2) is 4.98 Å². The number of aromatic nitrogens is 1. The van der Waals surface area contributed by atoms with Gasteiger partial charge in [0.15, 0.2) is 5.78 Å². The largest absolute Gasteiger partial charge is 0.294 e. The molecule has 0 aliphatic heterocycles. The van der Waals surface area contributed by atoms with Gasteiger partial charge in [-0.15, -0.1) is 11.3 Å². The lowest BCUT2D eigenvalue weighted by atomic mass is 10.3. The maximum absolute atomic E-state index is 11.4. The molecule has 2 heterocycles. The van der Waals surface area contributed by atoms with Gasteiger partial charge in [-0.1, -0.05) is 11.8 Å². The first kappa shape index (κ1) is 14.7. The van der Waals surface area contributed by atoms with Crippen LogP contribution in [0.15, 0.2) is 27.4 Å². The molecule has 0 aromatic carbocycles. The number of rotatable bonds is 4. The van der Waals surface area contributed by atoms with Crippen LogP contribution in [0.25, 0.3) is 0 Å². The van der Waals surface area contributed by atoms with Gasteiger partial charge in [-0.3, -0.25) is 14.9 Å². The molecule has 0 saturated carbocycles. The normalized spacial score (nSPS) is 10.6. The van der Waals surface area contributed by atoms with Crippen molar-refractivity contribution in [2.75, 3.05) is 0 Å². The van der Waals surface area contributed by atoms with E-state index < -0.39 is 4.92 Å². The number of thiophene rings is 1. The van der Waals surface area contributed by atoms with Gasteiger partial charge in [0.1, 0.15) is 9.24 Å². The summed E-state index contributed by atoms with van der Waals surface area (Å²) in [6, 6.07) is 5.14. The monoisotopic (exact) mass is 308 g/mol. The van der Waals surface area contributed by atoms with E-state index in [2.05, 4.69) is 4.98 Å². The van der Waals surface area contributed by atoms with Crippen LogP contribution in [0.3, 0.4) is 0 Å². The number of carbonyl (C=O) groups excluding carboxylic acids is 1. The molecule has 104 valence electrons. The molecule has 2 rings (SSSR count). The second kappa shape index (κ2) is 5.72. The molecule has 0 unspecified atom stereocenters. The van der Waals surface area contributed by atoms with Gasteiger partial charge in [0.05, 0.1) is 9.80 Å². The van der Waals surface area contributed by atoms with Crippen LogP contribution in [0.2, 0.25) is 0 Å². The van der Waals surface area contributed by atoms with Gasteiger partial charge in [0.2, 0.25) is 0 Å². The third kappa shape index (κ3) is 3.23. The second-order valence-corrected chi connectivity index (χ2v) is 6.66. The number of carbonyl (C=O) groups is 1. The highest BCUT2D eigenvalue weighted by atomic mass is 32.2. The minimum absolute atomic E-state index is 0.0360. The maximum atomic E-state index is 11.4. The Morgan fingerprint density at radius 3 is 2.60 bits per heavy atom. The Hall–Kier alpha value is -1.73. The van der Waals surface area contributed by atoms with Crippen molar-refractivity contribution < 1.29 is 9.72 Å². The van der Waals surface area contributed by atoms with E-state index in [0.717, 1.165) is 22.6 Å². The first-order chi connectivity index (χ1) is 9.36. The lowest BCUT2D eigenvalue weighted by Crippen LogP contribution is -1.89. The predicted octanol–water partition coefficient (Wildman–Crippen LogP) is 4.02. The molecule has 0 radical (unpaired) electrons. The Morgan fingerprint density at radius 2 is 2.05 bits per heavy atom. The molecule has 2 aromatic heterocycles. The van der Waals surface area contributed by atoms with Crippen molar-refractivity contribution in [2.24, 2.45) is 0 Å². The van der Waals surface area contributed by atoms with Crippen molar-refractivity contribution in [2.45, 2.75) is 30.0 Å². The molecule has 0 atom stereocenters. The van der Waals surface area contributed by atoms with Gasteiger partial charge in [0.25, 0.3) is 5.69 Å². The average molecular weight is 308 g/mol. The lowest BCUT2D eigenvalue weighted by molar-refractivity contribution is -0.387. The molecule has 5 nitrogen and oxygen atoms in total. The van der Waals surface area contributed by atoms with Gasteiger partial charge >= 0.3 is 0 Å². The molecule has 0 amide bonds. The number of hydrogen-bond acceptors (Lipinski definition) is 6. The summed E-state index contributed by atoms with van der Waals surface area (Å²) in [7, 11) is 0. The van der Waals surface area contributed by atoms with Crippen molar-refractivity contribution in [3.05, 3.63) is 44.4 Å². The highest BCUT2D eigenvalue weighted by Gasteiger charge is 2.22. The Bertz CT molecular complexity index is 675. The fraction of sp³-hybridized carbons (Fsp3) is 0.231.